The summed E-state index contributed by atoms with van der Waals surface area (Å²) in [5, 5.41) is 0.518. The van der Waals surface area contributed by atoms with Crippen LogP contribution in [0.25, 0.3) is 0 Å². The van der Waals surface area contributed by atoms with Gasteiger partial charge in [0.05, 0.1) is 13.2 Å². The minimum absolute atomic E-state index is 0.375. The largest absolute Gasteiger partial charge is 0.481 e. The summed E-state index contributed by atoms with van der Waals surface area (Å²) in [7, 11) is 3.43. The van der Waals surface area contributed by atoms with Crippen LogP contribution in [0.15, 0.2) is 6.07 Å². The van der Waals surface area contributed by atoms with Crippen LogP contribution in [0.4, 0.5) is 0 Å². The summed E-state index contributed by atoms with van der Waals surface area (Å²) in [5.41, 5.74) is 2.49. The molecule has 1 atom stereocenters. The zero-order valence-electron chi connectivity index (χ0n) is 10.6. The van der Waals surface area contributed by atoms with Crippen LogP contribution in [0, 0.1) is 0 Å². The number of aromatic nitrogens is 1. The van der Waals surface area contributed by atoms with E-state index in [-0.39, 0.29) is 0 Å². The molecule has 98 valence electrons. The second kappa shape index (κ2) is 4.68. The van der Waals surface area contributed by atoms with E-state index >= 15 is 0 Å². The quantitative estimate of drug-likeness (QED) is 0.786. The Morgan fingerprint density at radius 2 is 2.17 bits per heavy atom. The summed E-state index contributed by atoms with van der Waals surface area (Å²) in [6, 6.07) is 2.37. The van der Waals surface area contributed by atoms with E-state index in [0.29, 0.717) is 23.2 Å². The first kappa shape index (κ1) is 12.2. The Kier molecular flexibility index (Phi) is 3.18. The van der Waals surface area contributed by atoms with Crippen molar-refractivity contribution in [2.75, 3.05) is 27.3 Å². The Bertz CT molecular complexity index is 461. The molecule has 1 fully saturated rings. The van der Waals surface area contributed by atoms with E-state index in [1.54, 1.807) is 14.2 Å². The number of nitrogens with zero attached hydrogens (tertiary/aromatic N) is 2. The molecule has 4 nitrogen and oxygen atoms in total. The van der Waals surface area contributed by atoms with Gasteiger partial charge in [0.25, 0.3) is 0 Å². The van der Waals surface area contributed by atoms with E-state index in [4.69, 9.17) is 21.1 Å². The fraction of sp³-hybridized carbons (Fsp3) is 0.615. The van der Waals surface area contributed by atoms with E-state index in [1.165, 1.54) is 11.1 Å². The third kappa shape index (κ3) is 1.88. The third-order valence-corrected chi connectivity index (χ3v) is 4.14. The van der Waals surface area contributed by atoms with Gasteiger partial charge in [-0.15, -0.1) is 0 Å². The predicted octanol–water partition coefficient (Wildman–Crippen LogP) is 2.06. The van der Waals surface area contributed by atoms with Gasteiger partial charge < -0.3 is 9.47 Å². The molecule has 1 saturated heterocycles. The number of pyridine rings is 1. The van der Waals surface area contributed by atoms with Crippen molar-refractivity contribution >= 4 is 11.6 Å². The van der Waals surface area contributed by atoms with Gasteiger partial charge in [0.2, 0.25) is 5.88 Å². The molecule has 3 rings (SSSR count). The van der Waals surface area contributed by atoms with Gasteiger partial charge in [-0.2, -0.15) is 0 Å². The Hall–Kier alpha value is -0.840. The molecule has 1 aromatic heterocycles. The molecule has 1 aliphatic carbocycles. The maximum Gasteiger partial charge on any atom is 0.219 e. The van der Waals surface area contributed by atoms with Crippen molar-refractivity contribution in [1.29, 1.82) is 0 Å². The molecule has 0 spiro atoms. The summed E-state index contributed by atoms with van der Waals surface area (Å²) in [6.45, 7) is 1.98. The number of aryl methyl sites for hydroxylation is 1. The van der Waals surface area contributed by atoms with Crippen molar-refractivity contribution in [3.05, 3.63) is 22.3 Å². The molecular weight excluding hydrogens is 252 g/mol. The van der Waals surface area contributed by atoms with Gasteiger partial charge in [-0.3, -0.25) is 4.90 Å². The monoisotopic (exact) mass is 268 g/mol. The number of rotatable bonds is 3. The topological polar surface area (TPSA) is 34.6 Å². The summed E-state index contributed by atoms with van der Waals surface area (Å²) < 4.78 is 10.7. The number of hydrogen-bond acceptors (Lipinski definition) is 4. The smallest absolute Gasteiger partial charge is 0.219 e. The molecule has 0 radical (unpaired) electrons. The summed E-state index contributed by atoms with van der Waals surface area (Å²) in [5.74, 6) is 0.681. The lowest BCUT2D eigenvalue weighted by molar-refractivity contribution is -0.0514. The maximum atomic E-state index is 6.00. The van der Waals surface area contributed by atoms with E-state index in [9.17, 15) is 0 Å². The van der Waals surface area contributed by atoms with Crippen molar-refractivity contribution in [3.8, 4) is 5.88 Å². The summed E-state index contributed by atoms with van der Waals surface area (Å²) in [6.07, 6.45) is 2.54. The number of likely N-dealkylation sites (tertiary alicyclic amines) is 1. The molecule has 18 heavy (non-hydrogen) atoms. The molecule has 0 saturated carbocycles. The van der Waals surface area contributed by atoms with Crippen LogP contribution in [-0.4, -0.2) is 43.3 Å². The molecule has 1 unspecified atom stereocenters. The molecule has 2 aliphatic rings. The average Bonchev–Trinajstić information content (AvgIpc) is 2.70. The first-order chi connectivity index (χ1) is 8.72. The van der Waals surface area contributed by atoms with Crippen LogP contribution in [0.1, 0.15) is 23.6 Å². The van der Waals surface area contributed by atoms with Crippen LogP contribution in [0.5, 0.6) is 5.88 Å². The highest BCUT2D eigenvalue weighted by Crippen LogP contribution is 2.43. The number of hydrogen-bond donors (Lipinski definition) is 0. The second-order valence-corrected chi connectivity index (χ2v) is 5.28. The van der Waals surface area contributed by atoms with Crippen LogP contribution in [-0.2, 0) is 11.2 Å². The van der Waals surface area contributed by atoms with Crippen molar-refractivity contribution < 1.29 is 9.47 Å². The summed E-state index contributed by atoms with van der Waals surface area (Å²) in [4.78, 5) is 6.71. The molecule has 1 aliphatic heterocycles. The lowest BCUT2D eigenvalue weighted by Crippen LogP contribution is -2.52. The van der Waals surface area contributed by atoms with Crippen LogP contribution >= 0.6 is 11.6 Å². The van der Waals surface area contributed by atoms with Gasteiger partial charge in [-0.25, -0.2) is 4.98 Å². The zero-order valence-corrected chi connectivity index (χ0v) is 11.4. The molecule has 0 amide bonds. The van der Waals surface area contributed by atoms with Crippen LogP contribution in [0.3, 0.4) is 0 Å². The van der Waals surface area contributed by atoms with Crippen LogP contribution in [0.2, 0.25) is 5.15 Å². The first-order valence-corrected chi connectivity index (χ1v) is 6.61. The molecule has 0 aromatic carbocycles. The minimum atomic E-state index is 0.375. The molecule has 1 aromatic rings. The Morgan fingerprint density at radius 1 is 1.39 bits per heavy atom. The van der Waals surface area contributed by atoms with E-state index in [2.05, 4.69) is 9.88 Å². The van der Waals surface area contributed by atoms with E-state index in [0.717, 1.165) is 25.9 Å². The maximum absolute atomic E-state index is 6.00. The minimum Gasteiger partial charge on any atom is -0.481 e. The highest BCUT2D eigenvalue weighted by molar-refractivity contribution is 6.29. The Labute approximate surface area is 112 Å². The van der Waals surface area contributed by atoms with Crippen molar-refractivity contribution in [1.82, 2.24) is 9.88 Å². The van der Waals surface area contributed by atoms with Crippen molar-refractivity contribution in [2.24, 2.45) is 0 Å². The second-order valence-electron chi connectivity index (χ2n) is 4.89. The lowest BCUT2D eigenvalue weighted by Gasteiger charge is -2.42. The standard InChI is InChI=1S/C13H17ClN2O2/c1-17-9-6-16(7-9)10-4-3-8-5-11(14)15-13(18-2)12(8)10/h5,9-10H,3-4,6-7H2,1-2H3. The van der Waals surface area contributed by atoms with Gasteiger partial charge in [0.15, 0.2) is 0 Å². The lowest BCUT2D eigenvalue weighted by atomic mass is 10.0. The zero-order chi connectivity index (χ0) is 12.7. The van der Waals surface area contributed by atoms with Crippen molar-refractivity contribution in [2.45, 2.75) is 25.0 Å². The van der Waals surface area contributed by atoms with Gasteiger partial charge in [-0.05, 0) is 24.5 Å². The number of fused-ring (bicyclic) bond motifs is 1. The fourth-order valence-electron chi connectivity index (χ4n) is 2.94. The van der Waals surface area contributed by atoms with E-state index < -0.39 is 0 Å². The van der Waals surface area contributed by atoms with Crippen LogP contribution < -0.4 is 4.74 Å². The van der Waals surface area contributed by atoms with Crippen molar-refractivity contribution in [3.63, 3.8) is 0 Å². The first-order valence-electron chi connectivity index (χ1n) is 6.23. The van der Waals surface area contributed by atoms with Gasteiger partial charge >= 0.3 is 0 Å². The molecular formula is C13H17ClN2O2. The van der Waals surface area contributed by atoms with E-state index in [1.807, 2.05) is 6.07 Å². The highest BCUT2D eigenvalue weighted by Gasteiger charge is 2.38. The SMILES string of the molecule is COc1nc(Cl)cc2c1C(N1CC(OC)C1)CC2. The van der Waals surface area contributed by atoms with Gasteiger partial charge in [-0.1, -0.05) is 11.6 Å². The fourth-order valence-corrected chi connectivity index (χ4v) is 3.15. The Balaban J connectivity index is 1.87. The molecule has 0 N–H and O–H groups in total. The highest BCUT2D eigenvalue weighted by atomic mass is 35.5. The van der Waals surface area contributed by atoms with Gasteiger partial charge in [0, 0.05) is 31.8 Å². The molecule has 5 heteroatoms. The predicted molar refractivity (Wildman–Crippen MR) is 69.2 cm³/mol. The van der Waals surface area contributed by atoms with Gasteiger partial charge in [0.1, 0.15) is 5.15 Å². The number of halogens is 1. The third-order valence-electron chi connectivity index (χ3n) is 3.94. The number of methoxy groups -OCH3 is 2. The Morgan fingerprint density at radius 3 is 2.83 bits per heavy atom. The summed E-state index contributed by atoms with van der Waals surface area (Å²) >= 11 is 6.00. The number of ether oxygens (including phenoxy) is 2. The average molecular weight is 269 g/mol. The molecule has 2 heterocycles. The normalized spacial score (nSPS) is 23.8. The molecule has 0 bridgehead atoms.